The lowest BCUT2D eigenvalue weighted by Gasteiger charge is -2.18. The van der Waals surface area contributed by atoms with Crippen LogP contribution in [-0.2, 0) is 4.79 Å². The maximum absolute atomic E-state index is 14.0. The van der Waals surface area contributed by atoms with Crippen molar-refractivity contribution in [2.45, 2.75) is 13.8 Å². The third-order valence-corrected chi connectivity index (χ3v) is 3.28. The second-order valence-corrected chi connectivity index (χ2v) is 5.08. The van der Waals surface area contributed by atoms with Gasteiger partial charge in [0, 0.05) is 12.2 Å². The van der Waals surface area contributed by atoms with Gasteiger partial charge in [-0.25, -0.2) is 14.1 Å². The van der Waals surface area contributed by atoms with E-state index in [9.17, 15) is 9.18 Å². The molecular weight excluding hydrogens is 273 g/mol. The van der Waals surface area contributed by atoms with Crippen molar-refractivity contribution in [2.75, 3.05) is 11.9 Å². The molecule has 1 aromatic carbocycles. The van der Waals surface area contributed by atoms with Crippen molar-refractivity contribution in [3.63, 3.8) is 0 Å². The zero-order valence-corrected chi connectivity index (χ0v) is 12.0. The van der Waals surface area contributed by atoms with Gasteiger partial charge in [-0.1, -0.05) is 13.8 Å². The number of hydrogen-bond donors (Lipinski definition) is 2. The predicted octanol–water partition coefficient (Wildman–Crippen LogP) is 1.58. The molecule has 1 heterocycles. The van der Waals surface area contributed by atoms with Crippen LogP contribution in [0.3, 0.4) is 0 Å². The molecule has 112 valence electrons. The Bertz CT molecular complexity index is 612. The van der Waals surface area contributed by atoms with Gasteiger partial charge in [0.25, 0.3) is 0 Å². The van der Waals surface area contributed by atoms with E-state index >= 15 is 0 Å². The molecule has 0 fully saturated rings. The Hall–Kier alpha value is -2.28. The number of nitrogens with two attached hydrogens (primary N) is 1. The lowest BCUT2D eigenvalue weighted by Crippen LogP contribution is -2.33. The Balaban J connectivity index is 2.16. The molecule has 6 nitrogen and oxygen atoms in total. The first-order chi connectivity index (χ1) is 10.0. The minimum atomic E-state index is -0.493. The van der Waals surface area contributed by atoms with Crippen molar-refractivity contribution in [1.82, 2.24) is 14.8 Å². The molecule has 0 aliphatic rings. The third-order valence-electron chi connectivity index (χ3n) is 3.28. The zero-order valence-electron chi connectivity index (χ0n) is 12.0. The molecule has 21 heavy (non-hydrogen) atoms. The molecule has 7 heteroatoms. The Morgan fingerprint density at radius 2 is 2.24 bits per heavy atom. The van der Waals surface area contributed by atoms with Gasteiger partial charge in [0.15, 0.2) is 5.82 Å². The summed E-state index contributed by atoms with van der Waals surface area (Å²) in [5.41, 5.74) is 6.25. The zero-order chi connectivity index (χ0) is 15.4. The summed E-state index contributed by atoms with van der Waals surface area (Å²) >= 11 is 0. The summed E-state index contributed by atoms with van der Waals surface area (Å²) in [5, 5.41) is 6.55. The molecule has 1 atom stereocenters. The van der Waals surface area contributed by atoms with Crippen molar-refractivity contribution >= 4 is 11.6 Å². The molecule has 0 bridgehead atoms. The van der Waals surface area contributed by atoms with Crippen LogP contribution in [-0.4, -0.2) is 27.2 Å². The maximum Gasteiger partial charge on any atom is 0.229 e. The Morgan fingerprint density at radius 1 is 1.48 bits per heavy atom. The van der Waals surface area contributed by atoms with Crippen LogP contribution in [0.4, 0.5) is 10.1 Å². The van der Waals surface area contributed by atoms with Crippen LogP contribution in [0, 0.1) is 17.7 Å². The second kappa shape index (κ2) is 6.45. The molecule has 0 aliphatic heterocycles. The van der Waals surface area contributed by atoms with Crippen LogP contribution < -0.4 is 11.1 Å². The first-order valence-electron chi connectivity index (χ1n) is 6.68. The van der Waals surface area contributed by atoms with Crippen molar-refractivity contribution < 1.29 is 9.18 Å². The lowest BCUT2D eigenvalue weighted by molar-refractivity contribution is -0.120. The minimum Gasteiger partial charge on any atom is -0.330 e. The van der Waals surface area contributed by atoms with E-state index < -0.39 is 5.82 Å². The number of hydrogen-bond acceptors (Lipinski definition) is 4. The molecule has 0 radical (unpaired) electrons. The van der Waals surface area contributed by atoms with Crippen LogP contribution in [0.15, 0.2) is 30.9 Å². The Morgan fingerprint density at radius 3 is 2.76 bits per heavy atom. The SMILES string of the molecule is CC(C)C(CN)C(=O)Nc1ccc(-n2cncn2)c(F)c1. The second-order valence-electron chi connectivity index (χ2n) is 5.08. The first kappa shape index (κ1) is 15.1. The topological polar surface area (TPSA) is 85.8 Å². The smallest absolute Gasteiger partial charge is 0.229 e. The van der Waals surface area contributed by atoms with Gasteiger partial charge in [-0.2, -0.15) is 5.10 Å². The van der Waals surface area contributed by atoms with Gasteiger partial charge in [0.05, 0.1) is 5.92 Å². The van der Waals surface area contributed by atoms with Gasteiger partial charge in [-0.05, 0) is 24.1 Å². The molecule has 2 aromatic rings. The summed E-state index contributed by atoms with van der Waals surface area (Å²) in [6.07, 6.45) is 2.73. The molecular formula is C14H18FN5O. The molecule has 2 rings (SSSR count). The van der Waals surface area contributed by atoms with Crippen LogP contribution in [0.1, 0.15) is 13.8 Å². The van der Waals surface area contributed by atoms with Gasteiger partial charge in [-0.3, -0.25) is 4.79 Å². The molecule has 1 aromatic heterocycles. The number of nitrogens with zero attached hydrogens (tertiary/aromatic N) is 3. The summed E-state index contributed by atoms with van der Waals surface area (Å²) in [6, 6.07) is 4.40. The van der Waals surface area contributed by atoms with Gasteiger partial charge < -0.3 is 11.1 Å². The van der Waals surface area contributed by atoms with Crippen molar-refractivity contribution in [3.8, 4) is 5.69 Å². The molecule has 1 amide bonds. The van der Waals surface area contributed by atoms with E-state index in [0.29, 0.717) is 5.69 Å². The summed E-state index contributed by atoms with van der Waals surface area (Å²) in [4.78, 5) is 15.8. The van der Waals surface area contributed by atoms with Crippen LogP contribution in [0.5, 0.6) is 0 Å². The van der Waals surface area contributed by atoms with Gasteiger partial charge in [0.2, 0.25) is 5.91 Å². The summed E-state index contributed by atoms with van der Waals surface area (Å²) in [7, 11) is 0. The predicted molar refractivity (Wildman–Crippen MR) is 77.3 cm³/mol. The van der Waals surface area contributed by atoms with Crippen molar-refractivity contribution in [1.29, 1.82) is 0 Å². The van der Waals surface area contributed by atoms with Crippen LogP contribution in [0.25, 0.3) is 5.69 Å². The number of nitrogens with one attached hydrogen (secondary N) is 1. The van der Waals surface area contributed by atoms with E-state index in [1.165, 1.54) is 29.5 Å². The van der Waals surface area contributed by atoms with E-state index in [0.717, 1.165) is 0 Å². The molecule has 3 N–H and O–H groups in total. The number of halogens is 1. The van der Waals surface area contributed by atoms with Gasteiger partial charge in [-0.15, -0.1) is 0 Å². The lowest BCUT2D eigenvalue weighted by atomic mass is 9.95. The highest BCUT2D eigenvalue weighted by atomic mass is 19.1. The third kappa shape index (κ3) is 3.43. The molecule has 0 saturated heterocycles. The molecule has 0 aliphatic carbocycles. The molecule has 0 spiro atoms. The number of amides is 1. The van der Waals surface area contributed by atoms with E-state index in [2.05, 4.69) is 15.4 Å². The number of carbonyl (C=O) groups is 1. The normalized spacial score (nSPS) is 12.4. The Kier molecular flexibility index (Phi) is 4.64. The quantitative estimate of drug-likeness (QED) is 0.875. The number of benzene rings is 1. The van der Waals surface area contributed by atoms with E-state index in [-0.39, 0.29) is 30.0 Å². The van der Waals surface area contributed by atoms with E-state index in [4.69, 9.17) is 5.73 Å². The fourth-order valence-electron chi connectivity index (χ4n) is 2.02. The molecule has 0 saturated carbocycles. The van der Waals surface area contributed by atoms with E-state index in [1.54, 1.807) is 6.07 Å². The van der Waals surface area contributed by atoms with Crippen molar-refractivity contribution in [2.24, 2.45) is 17.6 Å². The summed E-state index contributed by atoms with van der Waals surface area (Å²) in [6.45, 7) is 4.10. The maximum atomic E-state index is 14.0. The van der Waals surface area contributed by atoms with Crippen LogP contribution >= 0.6 is 0 Å². The fraction of sp³-hybridized carbons (Fsp3) is 0.357. The average Bonchev–Trinajstić information content (AvgIpc) is 2.92. The van der Waals surface area contributed by atoms with E-state index in [1.807, 2.05) is 13.8 Å². The van der Waals surface area contributed by atoms with Crippen molar-refractivity contribution in [3.05, 3.63) is 36.7 Å². The fourth-order valence-corrected chi connectivity index (χ4v) is 2.02. The highest BCUT2D eigenvalue weighted by molar-refractivity contribution is 5.92. The standard InChI is InChI=1S/C14H18FN5O/c1-9(2)11(6-16)14(21)19-10-3-4-13(12(15)5-10)20-8-17-7-18-20/h3-5,7-9,11H,6,16H2,1-2H3,(H,19,21). The largest absolute Gasteiger partial charge is 0.330 e. The average molecular weight is 291 g/mol. The summed E-state index contributed by atoms with van der Waals surface area (Å²) in [5.74, 6) is -0.884. The summed E-state index contributed by atoms with van der Waals surface area (Å²) < 4.78 is 15.4. The highest BCUT2D eigenvalue weighted by Crippen LogP contribution is 2.19. The number of carbonyl (C=O) groups excluding carboxylic acids is 1. The minimum absolute atomic E-state index is 0.120. The van der Waals surface area contributed by atoms with Gasteiger partial charge in [0.1, 0.15) is 18.3 Å². The monoisotopic (exact) mass is 291 g/mol. The Labute approximate surface area is 122 Å². The number of rotatable bonds is 5. The molecule has 1 unspecified atom stereocenters. The van der Waals surface area contributed by atoms with Crippen LogP contribution in [0.2, 0.25) is 0 Å². The first-order valence-corrected chi connectivity index (χ1v) is 6.68. The number of anilines is 1. The highest BCUT2D eigenvalue weighted by Gasteiger charge is 2.20. The van der Waals surface area contributed by atoms with Gasteiger partial charge >= 0.3 is 0 Å². The number of aromatic nitrogens is 3.